The molecule has 0 heterocycles. The Morgan fingerprint density at radius 2 is 1.77 bits per heavy atom. The summed E-state index contributed by atoms with van der Waals surface area (Å²) in [5.74, 6) is 0.173. The number of methoxy groups -OCH3 is 1. The van der Waals surface area contributed by atoms with Crippen LogP contribution in [-0.4, -0.2) is 36.8 Å². The van der Waals surface area contributed by atoms with Gasteiger partial charge in [0.15, 0.2) is 11.5 Å². The molecular weight excluding hydrogens is 488 g/mol. The SMILES string of the molecule is CO/N=C(/C(=O)OC)c1ccccc1COc1cc(Cl)c(OCC2CC2(Cl)Cl)c(Cl)c1. The second kappa shape index (κ2) is 10.2. The molecule has 0 N–H and O–H groups in total. The summed E-state index contributed by atoms with van der Waals surface area (Å²) in [6, 6.07) is 10.3. The third kappa shape index (κ3) is 5.89. The number of carbonyl (C=O) groups excluding carboxylic acids is 1. The number of carbonyl (C=O) groups is 1. The molecule has 1 atom stereocenters. The van der Waals surface area contributed by atoms with Gasteiger partial charge in [0.05, 0.1) is 23.8 Å². The number of ether oxygens (including phenoxy) is 3. The maximum atomic E-state index is 12.1. The van der Waals surface area contributed by atoms with Crippen molar-refractivity contribution in [3.05, 3.63) is 57.6 Å². The lowest BCUT2D eigenvalue weighted by Gasteiger charge is -2.14. The Bertz CT molecular complexity index is 972. The van der Waals surface area contributed by atoms with Crippen LogP contribution in [0.4, 0.5) is 0 Å². The summed E-state index contributed by atoms with van der Waals surface area (Å²) < 4.78 is 15.6. The lowest BCUT2D eigenvalue weighted by Crippen LogP contribution is -2.19. The van der Waals surface area contributed by atoms with Crippen LogP contribution >= 0.6 is 46.4 Å². The fourth-order valence-corrected chi connectivity index (χ4v) is 3.89. The van der Waals surface area contributed by atoms with Gasteiger partial charge in [0.25, 0.3) is 0 Å². The van der Waals surface area contributed by atoms with Crippen LogP contribution in [0.2, 0.25) is 10.0 Å². The highest BCUT2D eigenvalue weighted by molar-refractivity contribution is 6.50. The molecule has 2 aromatic rings. The largest absolute Gasteiger partial charge is 0.490 e. The van der Waals surface area contributed by atoms with E-state index < -0.39 is 10.3 Å². The summed E-state index contributed by atoms with van der Waals surface area (Å²) in [4.78, 5) is 16.9. The van der Waals surface area contributed by atoms with Crippen LogP contribution in [0.5, 0.6) is 11.5 Å². The molecule has 2 aromatic carbocycles. The van der Waals surface area contributed by atoms with Crippen LogP contribution in [0.25, 0.3) is 0 Å². The molecular formula is C21H19Cl4NO5. The van der Waals surface area contributed by atoms with Gasteiger partial charge < -0.3 is 19.0 Å². The molecule has 1 fully saturated rings. The molecule has 31 heavy (non-hydrogen) atoms. The van der Waals surface area contributed by atoms with Gasteiger partial charge in [0.2, 0.25) is 0 Å². The van der Waals surface area contributed by atoms with Crippen molar-refractivity contribution in [3.63, 3.8) is 0 Å². The smallest absolute Gasteiger partial charge is 0.360 e. The van der Waals surface area contributed by atoms with Crippen LogP contribution in [0.3, 0.4) is 0 Å². The van der Waals surface area contributed by atoms with E-state index in [1.165, 1.54) is 14.2 Å². The second-order valence-electron chi connectivity index (χ2n) is 6.75. The summed E-state index contributed by atoms with van der Waals surface area (Å²) in [5.41, 5.74) is 1.23. The first-order valence-electron chi connectivity index (χ1n) is 9.17. The van der Waals surface area contributed by atoms with Crippen LogP contribution in [-0.2, 0) is 21.0 Å². The van der Waals surface area contributed by atoms with E-state index in [0.717, 1.165) is 0 Å². The molecule has 166 valence electrons. The minimum Gasteiger partial charge on any atom is -0.490 e. The van der Waals surface area contributed by atoms with Crippen molar-refractivity contribution < 1.29 is 23.8 Å². The summed E-state index contributed by atoms with van der Waals surface area (Å²) in [6.45, 7) is 0.432. The van der Waals surface area contributed by atoms with Gasteiger partial charge in [0.1, 0.15) is 23.8 Å². The van der Waals surface area contributed by atoms with Crippen molar-refractivity contribution >= 4 is 58.1 Å². The first-order valence-corrected chi connectivity index (χ1v) is 10.7. The Kier molecular flexibility index (Phi) is 7.81. The molecule has 1 aliphatic carbocycles. The van der Waals surface area contributed by atoms with Gasteiger partial charge in [-0.3, -0.25) is 0 Å². The van der Waals surface area contributed by atoms with Gasteiger partial charge in [-0.25, -0.2) is 4.79 Å². The second-order valence-corrected chi connectivity index (χ2v) is 9.11. The van der Waals surface area contributed by atoms with E-state index in [1.807, 2.05) is 6.07 Å². The molecule has 0 amide bonds. The maximum Gasteiger partial charge on any atom is 0.360 e. The minimum absolute atomic E-state index is 0.0266. The molecule has 3 rings (SSSR count). The lowest BCUT2D eigenvalue weighted by atomic mass is 10.0. The predicted octanol–water partition coefficient (Wildman–Crippen LogP) is 5.67. The molecule has 1 aliphatic rings. The molecule has 6 nitrogen and oxygen atoms in total. The van der Waals surface area contributed by atoms with Crippen LogP contribution < -0.4 is 9.47 Å². The van der Waals surface area contributed by atoms with E-state index in [9.17, 15) is 4.79 Å². The fourth-order valence-electron chi connectivity index (χ4n) is 2.81. The normalized spacial score (nSPS) is 17.1. The Morgan fingerprint density at radius 1 is 1.13 bits per heavy atom. The third-order valence-electron chi connectivity index (χ3n) is 4.58. The van der Waals surface area contributed by atoms with Crippen molar-refractivity contribution in [2.45, 2.75) is 17.4 Å². The monoisotopic (exact) mass is 505 g/mol. The first-order chi connectivity index (χ1) is 14.8. The Morgan fingerprint density at radius 3 is 2.35 bits per heavy atom. The topological polar surface area (TPSA) is 66.4 Å². The number of hydrogen-bond donors (Lipinski definition) is 0. The summed E-state index contributed by atoms with van der Waals surface area (Å²) >= 11 is 24.7. The molecule has 0 aromatic heterocycles. The van der Waals surface area contributed by atoms with Gasteiger partial charge in [0, 0.05) is 23.6 Å². The number of oxime groups is 1. The van der Waals surface area contributed by atoms with Crippen LogP contribution in [0.1, 0.15) is 17.5 Å². The zero-order chi connectivity index (χ0) is 22.6. The number of benzene rings is 2. The molecule has 0 aliphatic heterocycles. The summed E-state index contributed by atoms with van der Waals surface area (Å²) in [6.07, 6.45) is 0.659. The van der Waals surface area contributed by atoms with Gasteiger partial charge in [-0.05, 0) is 12.0 Å². The Balaban J connectivity index is 1.73. The van der Waals surface area contributed by atoms with Crippen LogP contribution in [0.15, 0.2) is 41.6 Å². The summed E-state index contributed by atoms with van der Waals surface area (Å²) in [5, 5.41) is 4.37. The number of halogens is 4. The highest BCUT2D eigenvalue weighted by atomic mass is 35.5. The van der Waals surface area contributed by atoms with Gasteiger partial charge in [-0.2, -0.15) is 0 Å². The number of alkyl halides is 2. The number of nitrogens with zero attached hydrogens (tertiary/aromatic N) is 1. The number of hydrogen-bond acceptors (Lipinski definition) is 6. The van der Waals surface area contributed by atoms with Crippen LogP contribution in [0, 0.1) is 5.92 Å². The predicted molar refractivity (Wildman–Crippen MR) is 121 cm³/mol. The van der Waals surface area contributed by atoms with Crippen molar-refractivity contribution in [2.24, 2.45) is 11.1 Å². The highest BCUT2D eigenvalue weighted by Crippen LogP contribution is 2.53. The number of esters is 1. The number of rotatable bonds is 9. The molecule has 1 saturated carbocycles. The zero-order valence-electron chi connectivity index (χ0n) is 16.7. The molecule has 0 spiro atoms. The van der Waals surface area contributed by atoms with Crippen molar-refractivity contribution in [1.82, 2.24) is 0 Å². The average Bonchev–Trinajstić information content (AvgIpc) is 3.36. The van der Waals surface area contributed by atoms with Crippen molar-refractivity contribution in [2.75, 3.05) is 20.8 Å². The minimum atomic E-state index is -0.745. The Labute approximate surface area is 199 Å². The molecule has 10 heteroatoms. The molecule has 0 saturated heterocycles. The fraction of sp³-hybridized carbons (Fsp3) is 0.333. The standard InChI is InChI=1S/C21H19Cl4NO5/c1-28-20(27)18(26-29-2)15-6-4-3-5-12(15)10-30-14-7-16(22)19(17(23)8-14)31-11-13-9-21(13,24)25/h3-8,13H,9-11H2,1-2H3/b26-18+. The first kappa shape index (κ1) is 23.8. The zero-order valence-corrected chi connectivity index (χ0v) is 19.7. The Hall–Kier alpha value is -1.86. The highest BCUT2D eigenvalue weighted by Gasteiger charge is 2.52. The van der Waals surface area contributed by atoms with E-state index in [2.05, 4.69) is 5.16 Å². The van der Waals surface area contributed by atoms with Crippen molar-refractivity contribution in [1.29, 1.82) is 0 Å². The van der Waals surface area contributed by atoms with E-state index >= 15 is 0 Å². The van der Waals surface area contributed by atoms with Gasteiger partial charge in [-0.15, -0.1) is 23.2 Å². The van der Waals surface area contributed by atoms with E-state index in [1.54, 1.807) is 30.3 Å². The maximum absolute atomic E-state index is 12.1. The van der Waals surface area contributed by atoms with Crippen molar-refractivity contribution in [3.8, 4) is 11.5 Å². The molecule has 1 unspecified atom stereocenters. The van der Waals surface area contributed by atoms with E-state index in [-0.39, 0.29) is 18.2 Å². The summed E-state index contributed by atoms with van der Waals surface area (Å²) in [7, 11) is 2.61. The van der Waals surface area contributed by atoms with E-state index in [0.29, 0.717) is 45.7 Å². The molecule has 0 bridgehead atoms. The average molecular weight is 507 g/mol. The van der Waals surface area contributed by atoms with Gasteiger partial charge >= 0.3 is 5.97 Å². The third-order valence-corrected chi connectivity index (χ3v) is 6.07. The molecule has 0 radical (unpaired) electrons. The van der Waals surface area contributed by atoms with Gasteiger partial charge in [-0.1, -0.05) is 52.6 Å². The quantitative estimate of drug-likeness (QED) is 0.190. The lowest BCUT2D eigenvalue weighted by molar-refractivity contribution is -0.132. The van der Waals surface area contributed by atoms with E-state index in [4.69, 9.17) is 65.5 Å².